The highest BCUT2D eigenvalue weighted by Gasteiger charge is 2.46. The summed E-state index contributed by atoms with van der Waals surface area (Å²) in [6.07, 6.45) is 4.94. The van der Waals surface area contributed by atoms with Crippen molar-refractivity contribution in [1.82, 2.24) is 9.80 Å². The second-order valence-corrected chi connectivity index (χ2v) is 7.45. The van der Waals surface area contributed by atoms with Gasteiger partial charge in [-0.2, -0.15) is 0 Å². The van der Waals surface area contributed by atoms with E-state index < -0.39 is 0 Å². The van der Waals surface area contributed by atoms with Crippen LogP contribution in [0.4, 0.5) is 0 Å². The highest BCUT2D eigenvalue weighted by molar-refractivity contribution is 6.30. The van der Waals surface area contributed by atoms with Crippen LogP contribution in [0.15, 0.2) is 24.3 Å². The molecule has 122 valence electrons. The lowest BCUT2D eigenvalue weighted by molar-refractivity contribution is 0.0916. The van der Waals surface area contributed by atoms with Crippen molar-refractivity contribution in [3.8, 4) is 0 Å². The summed E-state index contributed by atoms with van der Waals surface area (Å²) < 4.78 is 0. The van der Waals surface area contributed by atoms with Gasteiger partial charge in [-0.05, 0) is 63.5 Å². The molecule has 0 spiro atoms. The first kappa shape index (κ1) is 16.3. The third-order valence-electron chi connectivity index (χ3n) is 5.41. The summed E-state index contributed by atoms with van der Waals surface area (Å²) in [5.74, 6) is 0. The van der Waals surface area contributed by atoms with Crippen molar-refractivity contribution in [2.75, 3.05) is 39.8 Å². The van der Waals surface area contributed by atoms with Crippen molar-refractivity contribution in [3.05, 3.63) is 34.9 Å². The minimum Gasteiger partial charge on any atom is -0.395 e. The highest BCUT2D eigenvalue weighted by atomic mass is 35.5. The Labute approximate surface area is 138 Å². The molecular formula is C18H27ClN2O. The molecule has 1 saturated heterocycles. The molecule has 0 radical (unpaired) electrons. The van der Waals surface area contributed by atoms with Gasteiger partial charge < -0.3 is 10.0 Å². The zero-order valence-electron chi connectivity index (χ0n) is 13.5. The molecule has 1 aromatic rings. The molecule has 1 heterocycles. The Kier molecular flexibility index (Phi) is 5.08. The maximum atomic E-state index is 9.47. The van der Waals surface area contributed by atoms with Crippen molar-refractivity contribution in [3.63, 3.8) is 0 Å². The van der Waals surface area contributed by atoms with E-state index in [0.29, 0.717) is 11.5 Å². The Balaban J connectivity index is 1.69. The average Bonchev–Trinajstić information content (AvgIpc) is 3.29. The summed E-state index contributed by atoms with van der Waals surface area (Å²) in [6, 6.07) is 8.99. The summed E-state index contributed by atoms with van der Waals surface area (Å²) in [4.78, 5) is 4.94. The second-order valence-electron chi connectivity index (χ2n) is 7.02. The van der Waals surface area contributed by atoms with Gasteiger partial charge in [0.05, 0.1) is 6.61 Å². The third-order valence-corrected chi connectivity index (χ3v) is 5.66. The van der Waals surface area contributed by atoms with Crippen LogP contribution in [0, 0.1) is 0 Å². The van der Waals surface area contributed by atoms with Crippen molar-refractivity contribution < 1.29 is 5.11 Å². The van der Waals surface area contributed by atoms with Crippen LogP contribution in [0.3, 0.4) is 0 Å². The molecule has 1 saturated carbocycles. The molecule has 0 unspecified atom stereocenters. The Hall–Kier alpha value is -0.610. The first-order valence-corrected chi connectivity index (χ1v) is 8.80. The van der Waals surface area contributed by atoms with E-state index in [2.05, 4.69) is 29.0 Å². The summed E-state index contributed by atoms with van der Waals surface area (Å²) >= 11 is 6.02. The molecule has 1 N–H and O–H groups in total. The van der Waals surface area contributed by atoms with Gasteiger partial charge >= 0.3 is 0 Å². The fraction of sp³-hybridized carbons (Fsp3) is 0.667. The van der Waals surface area contributed by atoms with Crippen LogP contribution in [-0.4, -0.2) is 60.8 Å². The Bertz CT molecular complexity index is 478. The summed E-state index contributed by atoms with van der Waals surface area (Å²) in [5.41, 5.74) is 1.70. The molecule has 2 fully saturated rings. The van der Waals surface area contributed by atoms with Crippen molar-refractivity contribution in [1.29, 1.82) is 0 Å². The van der Waals surface area contributed by atoms with E-state index in [-0.39, 0.29) is 6.61 Å². The van der Waals surface area contributed by atoms with Gasteiger partial charge in [0.25, 0.3) is 0 Å². The number of hydrogen-bond donors (Lipinski definition) is 1. The molecule has 1 aliphatic carbocycles. The molecule has 3 nitrogen and oxygen atoms in total. The predicted octanol–water partition coefficient (Wildman–Crippen LogP) is 2.76. The lowest BCUT2D eigenvalue weighted by Crippen LogP contribution is -2.47. The maximum absolute atomic E-state index is 9.47. The number of likely N-dealkylation sites (tertiary alicyclic amines) is 1. The van der Waals surface area contributed by atoms with Gasteiger partial charge in [-0.25, -0.2) is 0 Å². The van der Waals surface area contributed by atoms with Crippen molar-refractivity contribution >= 4 is 11.6 Å². The molecule has 1 aromatic carbocycles. The monoisotopic (exact) mass is 322 g/mol. The SMILES string of the molecule is CN1CCC(N(CCO)CC2(c3ccc(Cl)cc3)CC2)CC1. The number of aliphatic hydroxyl groups excluding tert-OH is 1. The number of aliphatic hydroxyl groups is 1. The van der Waals surface area contributed by atoms with E-state index in [1.165, 1.54) is 44.3 Å². The molecule has 2 aliphatic rings. The van der Waals surface area contributed by atoms with E-state index in [1.54, 1.807) is 0 Å². The van der Waals surface area contributed by atoms with Crippen LogP contribution < -0.4 is 0 Å². The van der Waals surface area contributed by atoms with Crippen LogP contribution in [-0.2, 0) is 5.41 Å². The Morgan fingerprint density at radius 2 is 1.86 bits per heavy atom. The van der Waals surface area contributed by atoms with Crippen molar-refractivity contribution in [2.24, 2.45) is 0 Å². The molecule has 0 aromatic heterocycles. The number of rotatable bonds is 6. The van der Waals surface area contributed by atoms with Crippen LogP contribution in [0.25, 0.3) is 0 Å². The average molecular weight is 323 g/mol. The van der Waals surface area contributed by atoms with E-state index in [1.807, 2.05) is 12.1 Å². The lowest BCUT2D eigenvalue weighted by Gasteiger charge is -2.39. The van der Waals surface area contributed by atoms with E-state index in [9.17, 15) is 5.11 Å². The van der Waals surface area contributed by atoms with Gasteiger partial charge in [-0.15, -0.1) is 0 Å². The van der Waals surface area contributed by atoms with E-state index in [0.717, 1.165) is 18.1 Å². The first-order chi connectivity index (χ1) is 10.6. The minimum absolute atomic E-state index is 0.253. The van der Waals surface area contributed by atoms with Gasteiger partial charge in [-0.1, -0.05) is 23.7 Å². The van der Waals surface area contributed by atoms with Crippen LogP contribution in [0.2, 0.25) is 5.02 Å². The summed E-state index contributed by atoms with van der Waals surface area (Å²) in [5, 5.41) is 10.3. The highest BCUT2D eigenvalue weighted by Crippen LogP contribution is 2.49. The van der Waals surface area contributed by atoms with Crippen LogP contribution in [0.5, 0.6) is 0 Å². The fourth-order valence-corrected chi connectivity index (χ4v) is 3.89. The predicted molar refractivity (Wildman–Crippen MR) is 91.5 cm³/mol. The van der Waals surface area contributed by atoms with E-state index in [4.69, 9.17) is 11.6 Å². The van der Waals surface area contributed by atoms with Crippen LogP contribution in [0.1, 0.15) is 31.2 Å². The third kappa shape index (κ3) is 3.65. The smallest absolute Gasteiger partial charge is 0.0558 e. The molecule has 4 heteroatoms. The summed E-state index contributed by atoms with van der Waals surface area (Å²) in [6.45, 7) is 4.46. The molecule has 3 rings (SSSR count). The standard InChI is InChI=1S/C18H27ClN2O/c1-20-10-6-17(7-11-20)21(12-13-22)14-18(8-9-18)15-2-4-16(19)5-3-15/h2-5,17,22H,6-14H2,1H3. The number of halogens is 1. The second kappa shape index (κ2) is 6.88. The largest absolute Gasteiger partial charge is 0.395 e. The molecular weight excluding hydrogens is 296 g/mol. The summed E-state index contributed by atoms with van der Waals surface area (Å²) in [7, 11) is 2.20. The molecule has 1 aliphatic heterocycles. The molecule has 0 bridgehead atoms. The zero-order chi connectivity index (χ0) is 15.6. The van der Waals surface area contributed by atoms with Crippen molar-refractivity contribution in [2.45, 2.75) is 37.1 Å². The molecule has 0 amide bonds. The fourth-order valence-electron chi connectivity index (χ4n) is 3.76. The maximum Gasteiger partial charge on any atom is 0.0558 e. The van der Waals surface area contributed by atoms with Gasteiger partial charge in [0.15, 0.2) is 0 Å². The van der Waals surface area contributed by atoms with Gasteiger partial charge in [0, 0.05) is 29.6 Å². The van der Waals surface area contributed by atoms with Gasteiger partial charge in [-0.3, -0.25) is 4.90 Å². The zero-order valence-corrected chi connectivity index (χ0v) is 14.2. The normalized spacial score (nSPS) is 22.2. The number of piperidine rings is 1. The quantitative estimate of drug-likeness (QED) is 0.872. The van der Waals surface area contributed by atoms with E-state index >= 15 is 0 Å². The first-order valence-electron chi connectivity index (χ1n) is 8.42. The van der Waals surface area contributed by atoms with Crippen LogP contribution >= 0.6 is 11.6 Å². The number of hydrogen-bond acceptors (Lipinski definition) is 3. The Morgan fingerprint density at radius 1 is 1.23 bits per heavy atom. The number of benzene rings is 1. The topological polar surface area (TPSA) is 26.7 Å². The van der Waals surface area contributed by atoms with Gasteiger partial charge in [0.2, 0.25) is 0 Å². The Morgan fingerprint density at radius 3 is 2.41 bits per heavy atom. The minimum atomic E-state index is 0.253. The molecule has 0 atom stereocenters. The number of nitrogens with zero attached hydrogens (tertiary/aromatic N) is 2. The van der Waals surface area contributed by atoms with Gasteiger partial charge in [0.1, 0.15) is 0 Å². The molecule has 22 heavy (non-hydrogen) atoms. The lowest BCUT2D eigenvalue weighted by atomic mass is 9.93.